The molecule has 0 saturated carbocycles. The van der Waals surface area contributed by atoms with Gasteiger partial charge in [0.15, 0.2) is 0 Å². The van der Waals surface area contributed by atoms with E-state index in [-0.39, 0.29) is 0 Å². The number of fused-ring (bicyclic) bond motifs is 18. The van der Waals surface area contributed by atoms with Gasteiger partial charge in [0.05, 0.1) is 26.9 Å². The highest BCUT2D eigenvalue weighted by atomic mass is 32.1. The summed E-state index contributed by atoms with van der Waals surface area (Å²) >= 11 is 1.85. The maximum Gasteiger partial charge on any atom is 0.235 e. The number of hydrogen-bond acceptors (Lipinski definition) is 4. The maximum absolute atomic E-state index is 6.72. The van der Waals surface area contributed by atoms with Crippen molar-refractivity contribution in [3.63, 3.8) is 0 Å². The fourth-order valence-electron chi connectivity index (χ4n) is 9.19. The Labute approximate surface area is 317 Å². The molecule has 0 aliphatic rings. The minimum absolute atomic E-state index is 0.647. The Kier molecular flexibility index (Phi) is 5.74. The highest BCUT2D eigenvalue weighted by molar-refractivity contribution is 7.27. The van der Waals surface area contributed by atoms with Crippen molar-refractivity contribution < 1.29 is 4.42 Å². The van der Waals surface area contributed by atoms with Crippen LogP contribution in [0.5, 0.6) is 0 Å². The lowest BCUT2D eigenvalue weighted by atomic mass is 9.99. The van der Waals surface area contributed by atoms with Gasteiger partial charge in [-0.2, -0.15) is 0 Å². The van der Waals surface area contributed by atoms with Gasteiger partial charge in [-0.15, -0.1) is 11.3 Å². The van der Waals surface area contributed by atoms with E-state index in [4.69, 9.17) is 14.4 Å². The third kappa shape index (κ3) is 3.94. The first-order valence-corrected chi connectivity index (χ1v) is 19.4. The highest BCUT2D eigenvalue weighted by Crippen LogP contribution is 2.48. The van der Waals surface area contributed by atoms with Crippen LogP contribution in [0.2, 0.25) is 0 Å². The summed E-state index contributed by atoms with van der Waals surface area (Å²) in [6.07, 6.45) is 0. The number of aromatic nitrogens is 3. The van der Waals surface area contributed by atoms with Crippen LogP contribution in [0.15, 0.2) is 168 Å². The zero-order chi connectivity index (χ0) is 35.8. The van der Waals surface area contributed by atoms with Crippen LogP contribution in [0.4, 0.5) is 0 Å². The molecule has 4 heterocycles. The van der Waals surface area contributed by atoms with Crippen molar-refractivity contribution in [3.8, 4) is 17.2 Å². The quantitative estimate of drug-likeness (QED) is 0.167. The Morgan fingerprint density at radius 1 is 0.473 bits per heavy atom. The Bertz CT molecular complexity index is 3790. The molecule has 55 heavy (non-hydrogen) atoms. The molecule has 0 saturated heterocycles. The molecule has 13 rings (SSSR count). The lowest BCUT2D eigenvalue weighted by Gasteiger charge is -2.14. The largest absolute Gasteiger partial charge is 0.455 e. The predicted octanol–water partition coefficient (Wildman–Crippen LogP) is 14.1. The first-order chi connectivity index (χ1) is 27.3. The van der Waals surface area contributed by atoms with Crippen LogP contribution in [0.3, 0.4) is 0 Å². The summed E-state index contributed by atoms with van der Waals surface area (Å²) in [7, 11) is 0. The molecule has 0 aliphatic carbocycles. The minimum Gasteiger partial charge on any atom is -0.455 e. The highest BCUT2D eigenvalue weighted by Gasteiger charge is 2.24. The molecule has 0 spiro atoms. The first-order valence-electron chi connectivity index (χ1n) is 18.6. The smallest absolute Gasteiger partial charge is 0.235 e. The van der Waals surface area contributed by atoms with E-state index in [1.165, 1.54) is 47.1 Å². The zero-order valence-electron chi connectivity index (χ0n) is 29.2. The number of thiophene rings is 1. The summed E-state index contributed by atoms with van der Waals surface area (Å²) in [5.74, 6) is 0.647. The van der Waals surface area contributed by atoms with E-state index in [1.807, 2.05) is 11.3 Å². The predicted molar refractivity (Wildman–Crippen MR) is 232 cm³/mol. The molecule has 4 aromatic heterocycles. The molecule has 0 bridgehead atoms. The third-order valence-corrected chi connectivity index (χ3v) is 12.7. The van der Waals surface area contributed by atoms with E-state index >= 15 is 0 Å². The van der Waals surface area contributed by atoms with Gasteiger partial charge in [-0.1, -0.05) is 127 Å². The monoisotopic (exact) mass is 717 g/mol. The van der Waals surface area contributed by atoms with Crippen LogP contribution in [-0.4, -0.2) is 14.5 Å². The zero-order valence-corrected chi connectivity index (χ0v) is 30.1. The lowest BCUT2D eigenvalue weighted by molar-refractivity contribution is 0.673. The van der Waals surface area contributed by atoms with E-state index in [2.05, 4.69) is 168 Å². The van der Waals surface area contributed by atoms with Crippen molar-refractivity contribution in [1.82, 2.24) is 14.5 Å². The molecule has 4 nitrogen and oxygen atoms in total. The topological polar surface area (TPSA) is 43.9 Å². The molecule has 0 radical (unpaired) electrons. The lowest BCUT2D eigenvalue weighted by Crippen LogP contribution is -2.04. The first kappa shape index (κ1) is 29.4. The molecule has 13 aromatic rings. The number of nitrogens with zero attached hydrogens (tertiary/aromatic N) is 3. The summed E-state index contributed by atoms with van der Waals surface area (Å²) in [4.78, 5) is 11.1. The molecule has 0 atom stereocenters. The van der Waals surface area contributed by atoms with Crippen molar-refractivity contribution in [2.45, 2.75) is 0 Å². The number of rotatable bonds is 2. The van der Waals surface area contributed by atoms with E-state index in [1.54, 1.807) is 0 Å². The van der Waals surface area contributed by atoms with Crippen molar-refractivity contribution >= 4 is 118 Å². The summed E-state index contributed by atoms with van der Waals surface area (Å²) in [6.45, 7) is 0. The average molecular weight is 718 g/mol. The standard InChI is InChI=1S/C50H27N3OS/c1-3-13-31-28(11-1)23-26-39-45(31)46(30-22-24-33-36-25-21-29-12-2-4-14-32(29)48(36)54-41(33)27-30)52-50(51-39)53-40-19-9-7-17-37(40)43-34-15-5-6-16-35(34)44-38-18-8-10-20-42(38)55-49(44)47(43)53/h1-27H. The van der Waals surface area contributed by atoms with Crippen LogP contribution in [0.1, 0.15) is 0 Å². The Hall–Kier alpha value is -7.08. The molecule has 5 heteroatoms. The fourth-order valence-corrected chi connectivity index (χ4v) is 10.4. The number of para-hydroxylation sites is 1. The summed E-state index contributed by atoms with van der Waals surface area (Å²) in [5, 5.41) is 15.3. The van der Waals surface area contributed by atoms with Crippen LogP contribution in [0.25, 0.3) is 124 Å². The van der Waals surface area contributed by atoms with Crippen molar-refractivity contribution in [1.29, 1.82) is 0 Å². The number of benzene rings is 9. The van der Waals surface area contributed by atoms with Crippen LogP contribution >= 0.6 is 11.3 Å². The summed E-state index contributed by atoms with van der Waals surface area (Å²) < 4.78 is 11.5. The van der Waals surface area contributed by atoms with Crippen molar-refractivity contribution in [3.05, 3.63) is 164 Å². The average Bonchev–Trinajstić information content (AvgIpc) is 3.93. The van der Waals surface area contributed by atoms with E-state index in [0.29, 0.717) is 5.95 Å². The van der Waals surface area contributed by atoms with Crippen LogP contribution in [-0.2, 0) is 0 Å². The molecule has 9 aromatic carbocycles. The summed E-state index contributed by atoms with van der Waals surface area (Å²) in [6, 6.07) is 58.5. The Morgan fingerprint density at radius 2 is 1.13 bits per heavy atom. The van der Waals surface area contributed by atoms with Gasteiger partial charge in [0.25, 0.3) is 0 Å². The van der Waals surface area contributed by atoms with Gasteiger partial charge in [0, 0.05) is 53.4 Å². The minimum atomic E-state index is 0.647. The van der Waals surface area contributed by atoms with Crippen molar-refractivity contribution in [2.75, 3.05) is 0 Å². The molecular weight excluding hydrogens is 691 g/mol. The molecule has 0 unspecified atom stereocenters. The molecule has 0 fully saturated rings. The normalized spacial score (nSPS) is 12.4. The second-order valence-corrected chi connectivity index (χ2v) is 15.5. The molecule has 0 aliphatic heterocycles. The molecule has 0 amide bonds. The van der Waals surface area contributed by atoms with Crippen LogP contribution < -0.4 is 0 Å². The van der Waals surface area contributed by atoms with Gasteiger partial charge >= 0.3 is 0 Å². The number of hydrogen-bond donors (Lipinski definition) is 0. The molecule has 254 valence electrons. The van der Waals surface area contributed by atoms with Gasteiger partial charge in [-0.05, 0) is 63.3 Å². The van der Waals surface area contributed by atoms with E-state index < -0.39 is 0 Å². The van der Waals surface area contributed by atoms with Gasteiger partial charge in [-0.25, -0.2) is 9.97 Å². The van der Waals surface area contributed by atoms with Gasteiger partial charge < -0.3 is 4.42 Å². The van der Waals surface area contributed by atoms with Gasteiger partial charge in [-0.3, -0.25) is 4.57 Å². The van der Waals surface area contributed by atoms with Gasteiger partial charge in [0.2, 0.25) is 5.95 Å². The second kappa shape index (κ2) is 10.8. The SMILES string of the molecule is c1ccc2c(c1)ccc1c3ccc(-c4nc(-n5c6ccccc6c6c7ccccc7c7c8ccccc8sc7c65)nc5ccc6ccccc6c45)cc3oc21. The van der Waals surface area contributed by atoms with Gasteiger partial charge in [0.1, 0.15) is 11.2 Å². The van der Waals surface area contributed by atoms with E-state index in [9.17, 15) is 0 Å². The van der Waals surface area contributed by atoms with Crippen molar-refractivity contribution in [2.24, 2.45) is 0 Å². The van der Waals surface area contributed by atoms with Crippen LogP contribution in [0, 0.1) is 0 Å². The molecular formula is C50H27N3OS. The number of furan rings is 1. The fraction of sp³-hybridized carbons (Fsp3) is 0. The Balaban J connectivity index is 1.18. The molecule has 0 N–H and O–H groups in total. The summed E-state index contributed by atoms with van der Waals surface area (Å²) in [5.41, 5.74) is 6.73. The van der Waals surface area contributed by atoms with E-state index in [0.717, 1.165) is 71.3 Å². The third-order valence-electron chi connectivity index (χ3n) is 11.6. The Morgan fingerprint density at radius 3 is 1.98 bits per heavy atom. The second-order valence-electron chi connectivity index (χ2n) is 14.5. The maximum atomic E-state index is 6.72.